The average molecular weight is 215 g/mol. The van der Waals surface area contributed by atoms with E-state index in [-0.39, 0.29) is 5.88 Å². The van der Waals surface area contributed by atoms with Crippen LogP contribution in [-0.4, -0.2) is 13.1 Å². The zero-order valence-corrected chi connectivity index (χ0v) is 8.47. The standard InChI is InChI=1S/C9H11ClN2O2/c1-14-9(13)6-3-2-4-8(12-11)7(6)5-10/h2-4,12H,5,11H2,1H3. The number of benzene rings is 1. The molecule has 1 aromatic carbocycles. The third-order valence-corrected chi connectivity index (χ3v) is 2.14. The monoisotopic (exact) mass is 214 g/mol. The molecule has 0 radical (unpaired) electrons. The molecule has 3 N–H and O–H groups in total. The topological polar surface area (TPSA) is 64.3 Å². The van der Waals surface area contributed by atoms with E-state index in [9.17, 15) is 4.79 Å². The summed E-state index contributed by atoms with van der Waals surface area (Å²) >= 11 is 5.71. The highest BCUT2D eigenvalue weighted by molar-refractivity contribution is 6.18. The Morgan fingerprint density at radius 2 is 2.36 bits per heavy atom. The lowest BCUT2D eigenvalue weighted by molar-refractivity contribution is 0.0600. The van der Waals surface area contributed by atoms with Gasteiger partial charge < -0.3 is 10.2 Å². The molecule has 0 unspecified atom stereocenters. The van der Waals surface area contributed by atoms with Gasteiger partial charge in [0.1, 0.15) is 0 Å². The molecule has 0 bridgehead atoms. The van der Waals surface area contributed by atoms with Crippen molar-refractivity contribution in [3.05, 3.63) is 29.3 Å². The van der Waals surface area contributed by atoms with Crippen LogP contribution in [0.3, 0.4) is 0 Å². The molecular weight excluding hydrogens is 204 g/mol. The molecule has 0 fully saturated rings. The lowest BCUT2D eigenvalue weighted by Gasteiger charge is -2.10. The van der Waals surface area contributed by atoms with Crippen molar-refractivity contribution in [2.24, 2.45) is 5.84 Å². The Hall–Kier alpha value is -1.26. The number of carbonyl (C=O) groups is 1. The van der Waals surface area contributed by atoms with E-state index in [1.165, 1.54) is 7.11 Å². The molecule has 76 valence electrons. The molecule has 0 amide bonds. The summed E-state index contributed by atoms with van der Waals surface area (Å²) in [4.78, 5) is 11.3. The van der Waals surface area contributed by atoms with Gasteiger partial charge in [-0.1, -0.05) is 6.07 Å². The Labute approximate surface area is 87.0 Å². The highest BCUT2D eigenvalue weighted by atomic mass is 35.5. The van der Waals surface area contributed by atoms with Gasteiger partial charge in [0.25, 0.3) is 0 Å². The van der Waals surface area contributed by atoms with Gasteiger partial charge in [-0.3, -0.25) is 5.84 Å². The Kier molecular flexibility index (Phi) is 3.73. The maximum absolute atomic E-state index is 11.3. The lowest BCUT2D eigenvalue weighted by Crippen LogP contribution is -2.12. The number of alkyl halides is 1. The molecule has 0 aliphatic carbocycles. The number of carbonyl (C=O) groups excluding carboxylic acids is 1. The largest absolute Gasteiger partial charge is 0.465 e. The maximum Gasteiger partial charge on any atom is 0.338 e. The van der Waals surface area contributed by atoms with Gasteiger partial charge in [-0.15, -0.1) is 11.6 Å². The predicted octanol–water partition coefficient (Wildman–Crippen LogP) is 1.50. The Bertz CT molecular complexity index is 342. The number of nitrogens with one attached hydrogen (secondary N) is 1. The SMILES string of the molecule is COC(=O)c1cccc(NN)c1CCl. The molecule has 0 spiro atoms. The first-order chi connectivity index (χ1) is 6.74. The zero-order chi connectivity index (χ0) is 10.6. The Balaban J connectivity index is 3.21. The summed E-state index contributed by atoms with van der Waals surface area (Å²) in [5, 5.41) is 0. The number of nitrogen functional groups attached to an aromatic ring is 1. The van der Waals surface area contributed by atoms with E-state index in [4.69, 9.17) is 17.4 Å². The first kappa shape index (κ1) is 10.8. The number of hydrogen-bond donors (Lipinski definition) is 2. The molecule has 0 aliphatic heterocycles. The first-order valence-electron chi connectivity index (χ1n) is 3.97. The second-order valence-electron chi connectivity index (χ2n) is 2.60. The van der Waals surface area contributed by atoms with E-state index >= 15 is 0 Å². The predicted molar refractivity (Wildman–Crippen MR) is 55.1 cm³/mol. The minimum atomic E-state index is -0.419. The summed E-state index contributed by atoms with van der Waals surface area (Å²) in [6, 6.07) is 5.09. The fourth-order valence-corrected chi connectivity index (χ4v) is 1.46. The van der Waals surface area contributed by atoms with Gasteiger partial charge >= 0.3 is 5.97 Å². The van der Waals surface area contributed by atoms with Crippen LogP contribution in [-0.2, 0) is 10.6 Å². The van der Waals surface area contributed by atoms with Crippen molar-refractivity contribution in [1.29, 1.82) is 0 Å². The van der Waals surface area contributed by atoms with Crippen LogP contribution in [0.2, 0.25) is 0 Å². The molecule has 1 rings (SSSR count). The van der Waals surface area contributed by atoms with Crippen LogP contribution in [0, 0.1) is 0 Å². The molecule has 1 aromatic rings. The summed E-state index contributed by atoms with van der Waals surface area (Å²) < 4.78 is 4.61. The average Bonchev–Trinajstić information content (AvgIpc) is 2.26. The number of halogens is 1. The quantitative estimate of drug-likeness (QED) is 0.346. The van der Waals surface area contributed by atoms with E-state index in [0.717, 1.165) is 0 Å². The van der Waals surface area contributed by atoms with Crippen LogP contribution in [0.15, 0.2) is 18.2 Å². The number of ether oxygens (including phenoxy) is 1. The van der Waals surface area contributed by atoms with E-state index in [1.807, 2.05) is 0 Å². The van der Waals surface area contributed by atoms with Crippen molar-refractivity contribution in [2.75, 3.05) is 12.5 Å². The van der Waals surface area contributed by atoms with Crippen LogP contribution in [0.4, 0.5) is 5.69 Å². The molecule has 0 saturated carbocycles. The lowest BCUT2D eigenvalue weighted by atomic mass is 10.1. The van der Waals surface area contributed by atoms with Crippen LogP contribution >= 0.6 is 11.6 Å². The zero-order valence-electron chi connectivity index (χ0n) is 7.71. The highest BCUT2D eigenvalue weighted by Crippen LogP contribution is 2.21. The van der Waals surface area contributed by atoms with Gasteiger partial charge in [0.2, 0.25) is 0 Å². The van der Waals surface area contributed by atoms with E-state index in [0.29, 0.717) is 16.8 Å². The summed E-state index contributed by atoms with van der Waals surface area (Å²) in [5.74, 6) is 5.06. The maximum atomic E-state index is 11.3. The van der Waals surface area contributed by atoms with Crippen LogP contribution in [0.5, 0.6) is 0 Å². The number of rotatable bonds is 3. The molecule has 0 heterocycles. The Morgan fingerprint density at radius 1 is 1.64 bits per heavy atom. The third kappa shape index (κ3) is 1.97. The van der Waals surface area contributed by atoms with Gasteiger partial charge in [0, 0.05) is 5.56 Å². The van der Waals surface area contributed by atoms with Crippen molar-refractivity contribution in [3.8, 4) is 0 Å². The molecule has 4 nitrogen and oxygen atoms in total. The first-order valence-corrected chi connectivity index (χ1v) is 4.50. The number of hydrazine groups is 1. The molecule has 14 heavy (non-hydrogen) atoms. The summed E-state index contributed by atoms with van der Waals surface area (Å²) in [6.45, 7) is 0. The van der Waals surface area contributed by atoms with Gasteiger partial charge in [-0.05, 0) is 12.1 Å². The van der Waals surface area contributed by atoms with Crippen molar-refractivity contribution in [1.82, 2.24) is 0 Å². The fourth-order valence-electron chi connectivity index (χ4n) is 1.17. The van der Waals surface area contributed by atoms with E-state index < -0.39 is 5.97 Å². The van der Waals surface area contributed by atoms with Gasteiger partial charge in [-0.2, -0.15) is 0 Å². The van der Waals surface area contributed by atoms with Crippen LogP contribution in [0.25, 0.3) is 0 Å². The molecule has 0 aromatic heterocycles. The highest BCUT2D eigenvalue weighted by Gasteiger charge is 2.13. The van der Waals surface area contributed by atoms with E-state index in [1.54, 1.807) is 18.2 Å². The summed E-state index contributed by atoms with van der Waals surface area (Å²) in [5.41, 5.74) is 4.17. The van der Waals surface area contributed by atoms with Gasteiger partial charge in [0.05, 0.1) is 24.2 Å². The minimum Gasteiger partial charge on any atom is -0.465 e. The Morgan fingerprint density at radius 3 is 2.86 bits per heavy atom. The molecular formula is C9H11ClN2O2. The molecule has 0 atom stereocenters. The molecule has 5 heteroatoms. The summed E-state index contributed by atoms with van der Waals surface area (Å²) in [6.07, 6.45) is 0. The summed E-state index contributed by atoms with van der Waals surface area (Å²) in [7, 11) is 1.32. The van der Waals surface area contributed by atoms with Gasteiger partial charge in [-0.25, -0.2) is 4.79 Å². The number of hydrogen-bond acceptors (Lipinski definition) is 4. The minimum absolute atomic E-state index is 0.199. The second kappa shape index (κ2) is 4.83. The normalized spacial score (nSPS) is 9.64. The third-order valence-electron chi connectivity index (χ3n) is 1.87. The fraction of sp³-hybridized carbons (Fsp3) is 0.222. The van der Waals surface area contributed by atoms with Gasteiger partial charge in [0.15, 0.2) is 0 Å². The van der Waals surface area contributed by atoms with Crippen molar-refractivity contribution < 1.29 is 9.53 Å². The smallest absolute Gasteiger partial charge is 0.338 e. The molecule has 0 saturated heterocycles. The van der Waals surface area contributed by atoms with Crippen LogP contribution in [0.1, 0.15) is 15.9 Å². The number of esters is 1. The van der Waals surface area contributed by atoms with Crippen molar-refractivity contribution in [3.63, 3.8) is 0 Å². The number of nitrogens with two attached hydrogens (primary N) is 1. The van der Waals surface area contributed by atoms with Crippen molar-refractivity contribution in [2.45, 2.75) is 5.88 Å². The number of anilines is 1. The molecule has 0 aliphatic rings. The van der Waals surface area contributed by atoms with E-state index in [2.05, 4.69) is 10.2 Å². The number of methoxy groups -OCH3 is 1. The van der Waals surface area contributed by atoms with Crippen molar-refractivity contribution >= 4 is 23.3 Å². The second-order valence-corrected chi connectivity index (χ2v) is 2.87. The van der Waals surface area contributed by atoms with Crippen LogP contribution < -0.4 is 11.3 Å².